The van der Waals surface area contributed by atoms with Gasteiger partial charge in [0.15, 0.2) is 0 Å². The Morgan fingerprint density at radius 2 is 1.62 bits per heavy atom. The SMILES string of the molecule is OC1CC(Oc2ccc(OC(F)(F)F)cc2)C12CCCC2. The maximum Gasteiger partial charge on any atom is 0.573 e. The van der Waals surface area contributed by atoms with Crippen LogP contribution in [0.15, 0.2) is 24.3 Å². The van der Waals surface area contributed by atoms with E-state index < -0.39 is 6.36 Å². The lowest BCUT2D eigenvalue weighted by Gasteiger charge is -2.51. The van der Waals surface area contributed by atoms with Crippen molar-refractivity contribution in [1.82, 2.24) is 0 Å². The molecule has 0 amide bonds. The first-order valence-corrected chi connectivity index (χ1v) is 7.10. The molecular formula is C15H17F3O3. The fourth-order valence-electron chi connectivity index (χ4n) is 3.46. The number of benzene rings is 1. The van der Waals surface area contributed by atoms with Gasteiger partial charge < -0.3 is 14.6 Å². The van der Waals surface area contributed by atoms with Crippen molar-refractivity contribution in [2.24, 2.45) is 5.41 Å². The van der Waals surface area contributed by atoms with E-state index in [0.717, 1.165) is 25.7 Å². The molecular weight excluding hydrogens is 285 g/mol. The number of aliphatic hydroxyl groups excluding tert-OH is 1. The fraction of sp³-hybridized carbons (Fsp3) is 0.600. The zero-order valence-electron chi connectivity index (χ0n) is 11.4. The molecule has 6 heteroatoms. The van der Waals surface area contributed by atoms with Gasteiger partial charge in [0.1, 0.15) is 17.6 Å². The number of halogens is 3. The molecule has 1 N–H and O–H groups in total. The summed E-state index contributed by atoms with van der Waals surface area (Å²) in [5.41, 5.74) is -0.152. The number of rotatable bonds is 3. The summed E-state index contributed by atoms with van der Waals surface area (Å²) in [6.45, 7) is 0. The summed E-state index contributed by atoms with van der Waals surface area (Å²) < 4.78 is 45.9. The third-order valence-electron chi connectivity index (χ3n) is 4.61. The second-order valence-corrected chi connectivity index (χ2v) is 5.82. The summed E-state index contributed by atoms with van der Waals surface area (Å²) in [7, 11) is 0. The summed E-state index contributed by atoms with van der Waals surface area (Å²) in [5, 5.41) is 9.99. The van der Waals surface area contributed by atoms with E-state index in [9.17, 15) is 18.3 Å². The van der Waals surface area contributed by atoms with Gasteiger partial charge in [-0.05, 0) is 37.1 Å². The molecule has 0 saturated heterocycles. The van der Waals surface area contributed by atoms with Crippen LogP contribution in [0.3, 0.4) is 0 Å². The van der Waals surface area contributed by atoms with E-state index in [1.807, 2.05) is 0 Å². The minimum atomic E-state index is -4.69. The van der Waals surface area contributed by atoms with Crippen LogP contribution in [-0.2, 0) is 0 Å². The molecule has 1 spiro atoms. The van der Waals surface area contributed by atoms with Crippen molar-refractivity contribution in [3.8, 4) is 11.5 Å². The minimum Gasteiger partial charge on any atom is -0.490 e. The molecule has 1 aromatic rings. The van der Waals surface area contributed by atoms with Crippen molar-refractivity contribution >= 4 is 0 Å². The van der Waals surface area contributed by atoms with E-state index in [2.05, 4.69) is 4.74 Å². The van der Waals surface area contributed by atoms with Crippen molar-refractivity contribution in [2.75, 3.05) is 0 Å². The Morgan fingerprint density at radius 3 is 2.14 bits per heavy atom. The zero-order chi connectivity index (χ0) is 15.1. The first-order valence-electron chi connectivity index (χ1n) is 7.10. The molecule has 1 aromatic carbocycles. The molecule has 0 bridgehead atoms. The van der Waals surface area contributed by atoms with Crippen LogP contribution in [0.4, 0.5) is 13.2 Å². The third-order valence-corrected chi connectivity index (χ3v) is 4.61. The molecule has 0 aromatic heterocycles. The van der Waals surface area contributed by atoms with Crippen molar-refractivity contribution in [2.45, 2.75) is 50.7 Å². The monoisotopic (exact) mass is 302 g/mol. The van der Waals surface area contributed by atoms with Crippen LogP contribution in [0.5, 0.6) is 11.5 Å². The summed E-state index contributed by atoms with van der Waals surface area (Å²) in [6, 6.07) is 5.40. The van der Waals surface area contributed by atoms with E-state index in [-0.39, 0.29) is 23.4 Å². The van der Waals surface area contributed by atoms with Crippen LogP contribution >= 0.6 is 0 Å². The molecule has 21 heavy (non-hydrogen) atoms. The van der Waals surface area contributed by atoms with Gasteiger partial charge in [-0.25, -0.2) is 0 Å². The predicted molar refractivity (Wildman–Crippen MR) is 69.1 cm³/mol. The van der Waals surface area contributed by atoms with Crippen LogP contribution in [0.2, 0.25) is 0 Å². The third kappa shape index (κ3) is 2.81. The van der Waals surface area contributed by atoms with Gasteiger partial charge in [-0.3, -0.25) is 0 Å². The van der Waals surface area contributed by atoms with Crippen LogP contribution in [0.25, 0.3) is 0 Å². The van der Waals surface area contributed by atoms with Crippen LogP contribution in [0, 0.1) is 5.41 Å². The van der Waals surface area contributed by atoms with Crippen molar-refractivity contribution in [3.05, 3.63) is 24.3 Å². The number of aliphatic hydroxyl groups is 1. The quantitative estimate of drug-likeness (QED) is 0.926. The van der Waals surface area contributed by atoms with Gasteiger partial charge in [0.25, 0.3) is 0 Å². The van der Waals surface area contributed by atoms with E-state index in [0.29, 0.717) is 12.2 Å². The topological polar surface area (TPSA) is 38.7 Å². The van der Waals surface area contributed by atoms with Gasteiger partial charge >= 0.3 is 6.36 Å². The number of ether oxygens (including phenoxy) is 2. The number of hydrogen-bond acceptors (Lipinski definition) is 3. The standard InChI is InChI=1S/C15H17F3O3/c16-15(17,18)21-11-5-3-10(4-6-11)20-13-9-12(19)14(13)7-1-2-8-14/h3-6,12-13,19H,1-2,7-9H2. The number of alkyl halides is 3. The average molecular weight is 302 g/mol. The zero-order valence-corrected chi connectivity index (χ0v) is 11.4. The van der Waals surface area contributed by atoms with Crippen LogP contribution in [0.1, 0.15) is 32.1 Å². The minimum absolute atomic E-state index is 0.0515. The van der Waals surface area contributed by atoms with Gasteiger partial charge in [-0.15, -0.1) is 13.2 Å². The molecule has 2 aliphatic carbocycles. The summed E-state index contributed by atoms with van der Waals surface area (Å²) >= 11 is 0. The van der Waals surface area contributed by atoms with E-state index in [1.54, 1.807) is 0 Å². The molecule has 0 aliphatic heterocycles. The first-order chi connectivity index (χ1) is 9.89. The largest absolute Gasteiger partial charge is 0.573 e. The van der Waals surface area contributed by atoms with E-state index in [4.69, 9.17) is 4.74 Å². The molecule has 2 saturated carbocycles. The predicted octanol–water partition coefficient (Wildman–Crippen LogP) is 3.66. The highest BCUT2D eigenvalue weighted by Gasteiger charge is 2.57. The Balaban J connectivity index is 1.63. The second kappa shape index (κ2) is 5.09. The Hall–Kier alpha value is -1.43. The maximum atomic E-state index is 12.1. The lowest BCUT2D eigenvalue weighted by Crippen LogP contribution is -2.58. The summed E-state index contributed by atoms with van der Waals surface area (Å²) in [5.74, 6) is 0.242. The Morgan fingerprint density at radius 1 is 1.05 bits per heavy atom. The lowest BCUT2D eigenvalue weighted by molar-refractivity contribution is -0.274. The molecule has 3 nitrogen and oxygen atoms in total. The molecule has 0 radical (unpaired) electrons. The van der Waals surface area contributed by atoms with Gasteiger partial charge in [0.2, 0.25) is 0 Å². The molecule has 3 rings (SSSR count). The van der Waals surface area contributed by atoms with Crippen molar-refractivity contribution in [1.29, 1.82) is 0 Å². The van der Waals surface area contributed by atoms with Gasteiger partial charge in [0.05, 0.1) is 6.10 Å². The average Bonchev–Trinajstić information content (AvgIpc) is 2.91. The Kier molecular flexibility index (Phi) is 3.51. The molecule has 116 valence electrons. The highest BCUT2D eigenvalue weighted by Crippen LogP contribution is 2.54. The van der Waals surface area contributed by atoms with Crippen molar-refractivity contribution < 1.29 is 27.8 Å². The van der Waals surface area contributed by atoms with E-state index >= 15 is 0 Å². The van der Waals surface area contributed by atoms with Gasteiger partial charge in [-0.2, -0.15) is 0 Å². The molecule has 2 fully saturated rings. The van der Waals surface area contributed by atoms with Gasteiger partial charge in [0, 0.05) is 11.8 Å². The van der Waals surface area contributed by atoms with Crippen LogP contribution < -0.4 is 9.47 Å². The second-order valence-electron chi connectivity index (χ2n) is 5.82. The summed E-state index contributed by atoms with van der Waals surface area (Å²) in [4.78, 5) is 0. The van der Waals surface area contributed by atoms with Crippen molar-refractivity contribution in [3.63, 3.8) is 0 Å². The van der Waals surface area contributed by atoms with Gasteiger partial charge in [-0.1, -0.05) is 12.8 Å². The normalized spacial score (nSPS) is 27.4. The Labute approximate surface area is 120 Å². The highest BCUT2D eigenvalue weighted by atomic mass is 19.4. The first kappa shape index (κ1) is 14.5. The summed E-state index contributed by atoms with van der Waals surface area (Å²) in [6.07, 6.45) is -0.385. The maximum absolute atomic E-state index is 12.1. The Bertz CT molecular complexity index is 492. The lowest BCUT2D eigenvalue weighted by atomic mass is 9.62. The van der Waals surface area contributed by atoms with Crippen LogP contribution in [-0.4, -0.2) is 23.7 Å². The fourth-order valence-corrected chi connectivity index (χ4v) is 3.46. The molecule has 0 heterocycles. The number of hydrogen-bond donors (Lipinski definition) is 1. The smallest absolute Gasteiger partial charge is 0.490 e. The molecule has 2 unspecified atom stereocenters. The molecule has 2 aliphatic rings. The molecule has 2 atom stereocenters. The highest BCUT2D eigenvalue weighted by molar-refractivity contribution is 5.32. The van der Waals surface area contributed by atoms with E-state index in [1.165, 1.54) is 24.3 Å².